The quantitative estimate of drug-likeness (QED) is 0.770. The van der Waals surface area contributed by atoms with Gasteiger partial charge < -0.3 is 0 Å². The molecule has 6 heteroatoms. The zero-order valence-corrected chi connectivity index (χ0v) is 10.3. The van der Waals surface area contributed by atoms with Gasteiger partial charge in [0.1, 0.15) is 5.69 Å². The van der Waals surface area contributed by atoms with Crippen molar-refractivity contribution < 1.29 is 4.79 Å². The first-order valence-corrected chi connectivity index (χ1v) is 6.34. The van der Waals surface area contributed by atoms with Crippen molar-refractivity contribution in [2.75, 3.05) is 19.3 Å². The van der Waals surface area contributed by atoms with Crippen LogP contribution in [0.3, 0.4) is 0 Å². The number of hydrogen-bond acceptors (Lipinski definition) is 4. The molecule has 0 bridgehead atoms. The second-order valence-electron chi connectivity index (χ2n) is 3.19. The second-order valence-corrected chi connectivity index (χ2v) is 4.40. The third-order valence-electron chi connectivity index (χ3n) is 2.18. The fourth-order valence-electron chi connectivity index (χ4n) is 1.43. The number of thioether (sulfide) groups is 1. The van der Waals surface area contributed by atoms with Crippen LogP contribution in [-0.2, 0) is 0 Å². The molecule has 0 saturated heterocycles. The molecule has 84 valence electrons. The van der Waals surface area contributed by atoms with Crippen LogP contribution in [0.2, 0.25) is 5.02 Å². The molecule has 0 saturated carbocycles. The third-order valence-corrected chi connectivity index (χ3v) is 3.11. The SMILES string of the molecule is CSC1=NCCN1C(=O)c1ccc(Cl)cn1. The summed E-state index contributed by atoms with van der Waals surface area (Å²) >= 11 is 7.18. The van der Waals surface area contributed by atoms with E-state index in [1.54, 1.807) is 17.0 Å². The van der Waals surface area contributed by atoms with E-state index in [-0.39, 0.29) is 5.91 Å². The van der Waals surface area contributed by atoms with Crippen molar-refractivity contribution in [2.24, 2.45) is 4.99 Å². The maximum atomic E-state index is 12.1. The zero-order valence-electron chi connectivity index (χ0n) is 8.68. The Balaban J connectivity index is 2.19. The summed E-state index contributed by atoms with van der Waals surface area (Å²) in [7, 11) is 0. The van der Waals surface area contributed by atoms with Crippen LogP contribution in [0.1, 0.15) is 10.5 Å². The highest BCUT2D eigenvalue weighted by molar-refractivity contribution is 8.13. The van der Waals surface area contributed by atoms with Crippen molar-refractivity contribution >= 4 is 34.4 Å². The van der Waals surface area contributed by atoms with E-state index >= 15 is 0 Å². The first-order valence-electron chi connectivity index (χ1n) is 4.74. The largest absolute Gasteiger partial charge is 0.284 e. The van der Waals surface area contributed by atoms with Crippen LogP contribution in [0, 0.1) is 0 Å². The summed E-state index contributed by atoms with van der Waals surface area (Å²) < 4.78 is 0. The van der Waals surface area contributed by atoms with Crippen LogP contribution >= 0.6 is 23.4 Å². The molecule has 0 fully saturated rings. The van der Waals surface area contributed by atoms with E-state index in [4.69, 9.17) is 11.6 Å². The van der Waals surface area contributed by atoms with E-state index < -0.39 is 0 Å². The van der Waals surface area contributed by atoms with E-state index in [2.05, 4.69) is 9.98 Å². The van der Waals surface area contributed by atoms with E-state index in [0.717, 1.165) is 5.17 Å². The van der Waals surface area contributed by atoms with Gasteiger partial charge in [0.15, 0.2) is 5.17 Å². The van der Waals surface area contributed by atoms with Gasteiger partial charge in [-0.15, -0.1) is 0 Å². The van der Waals surface area contributed by atoms with Gasteiger partial charge in [-0.1, -0.05) is 23.4 Å². The minimum atomic E-state index is -0.123. The number of carbonyl (C=O) groups excluding carboxylic acids is 1. The summed E-state index contributed by atoms with van der Waals surface area (Å²) in [5, 5.41) is 1.28. The molecular formula is C10H10ClN3OS. The number of halogens is 1. The van der Waals surface area contributed by atoms with Gasteiger partial charge in [0.05, 0.1) is 11.6 Å². The van der Waals surface area contributed by atoms with Crippen molar-refractivity contribution in [1.29, 1.82) is 0 Å². The Kier molecular flexibility index (Phi) is 3.46. The lowest BCUT2D eigenvalue weighted by Crippen LogP contribution is -2.33. The monoisotopic (exact) mass is 255 g/mol. The van der Waals surface area contributed by atoms with Gasteiger partial charge in [-0.25, -0.2) is 4.98 Å². The van der Waals surface area contributed by atoms with Crippen molar-refractivity contribution in [2.45, 2.75) is 0 Å². The Morgan fingerprint density at radius 3 is 3.00 bits per heavy atom. The molecule has 1 aliphatic rings. The first kappa shape index (κ1) is 11.4. The van der Waals surface area contributed by atoms with Gasteiger partial charge in [-0.2, -0.15) is 0 Å². The van der Waals surface area contributed by atoms with Crippen molar-refractivity contribution in [3.05, 3.63) is 29.0 Å². The normalized spacial score (nSPS) is 15.1. The van der Waals surface area contributed by atoms with E-state index in [0.29, 0.717) is 23.8 Å². The topological polar surface area (TPSA) is 45.6 Å². The number of amides is 1. The fourth-order valence-corrected chi connectivity index (χ4v) is 2.16. The number of aromatic nitrogens is 1. The second kappa shape index (κ2) is 4.84. The molecule has 4 nitrogen and oxygen atoms in total. The molecule has 2 heterocycles. The molecule has 0 unspecified atom stereocenters. The number of carbonyl (C=O) groups is 1. The summed E-state index contributed by atoms with van der Waals surface area (Å²) in [6.07, 6.45) is 3.38. The molecule has 0 N–H and O–H groups in total. The summed E-state index contributed by atoms with van der Waals surface area (Å²) in [5.41, 5.74) is 0.396. The molecule has 0 radical (unpaired) electrons. The lowest BCUT2D eigenvalue weighted by molar-refractivity contribution is 0.0855. The first-order chi connectivity index (χ1) is 7.72. The number of amidine groups is 1. The van der Waals surface area contributed by atoms with Crippen LogP contribution in [0.25, 0.3) is 0 Å². The van der Waals surface area contributed by atoms with Gasteiger partial charge in [0.2, 0.25) is 0 Å². The Bertz CT molecular complexity index is 432. The maximum absolute atomic E-state index is 12.1. The summed E-state index contributed by atoms with van der Waals surface area (Å²) in [6, 6.07) is 3.29. The highest BCUT2D eigenvalue weighted by Crippen LogP contribution is 2.15. The van der Waals surface area contributed by atoms with Gasteiger partial charge in [-0.05, 0) is 18.4 Å². The molecule has 0 aliphatic carbocycles. The third kappa shape index (κ3) is 2.20. The Labute approximate surface area is 103 Å². The molecule has 1 amide bonds. The molecule has 1 aromatic rings. The van der Waals surface area contributed by atoms with Crippen LogP contribution < -0.4 is 0 Å². The number of nitrogens with zero attached hydrogens (tertiary/aromatic N) is 3. The zero-order chi connectivity index (χ0) is 11.5. The molecule has 0 aromatic carbocycles. The lowest BCUT2D eigenvalue weighted by atomic mass is 10.3. The molecule has 1 aliphatic heterocycles. The molecular weight excluding hydrogens is 246 g/mol. The average molecular weight is 256 g/mol. The van der Waals surface area contributed by atoms with Crippen molar-refractivity contribution in [3.8, 4) is 0 Å². The predicted octanol–water partition coefficient (Wildman–Crippen LogP) is 1.91. The molecule has 2 rings (SSSR count). The van der Waals surface area contributed by atoms with Gasteiger partial charge in [0.25, 0.3) is 5.91 Å². The maximum Gasteiger partial charge on any atom is 0.278 e. The number of pyridine rings is 1. The van der Waals surface area contributed by atoms with E-state index in [1.807, 2.05) is 6.26 Å². The highest BCUT2D eigenvalue weighted by atomic mass is 35.5. The van der Waals surface area contributed by atoms with E-state index in [9.17, 15) is 4.79 Å². The highest BCUT2D eigenvalue weighted by Gasteiger charge is 2.24. The summed E-state index contributed by atoms with van der Waals surface area (Å²) in [4.78, 5) is 21.9. The van der Waals surface area contributed by atoms with Crippen molar-refractivity contribution in [3.63, 3.8) is 0 Å². The fraction of sp³-hybridized carbons (Fsp3) is 0.300. The predicted molar refractivity (Wildman–Crippen MR) is 66.1 cm³/mol. The Morgan fingerprint density at radius 2 is 2.38 bits per heavy atom. The number of hydrogen-bond donors (Lipinski definition) is 0. The minimum Gasteiger partial charge on any atom is -0.284 e. The summed E-state index contributed by atoms with van der Waals surface area (Å²) in [5.74, 6) is -0.123. The Hall–Kier alpha value is -1.07. The van der Waals surface area contributed by atoms with Crippen LogP contribution in [0.4, 0.5) is 0 Å². The average Bonchev–Trinajstić information content (AvgIpc) is 2.77. The van der Waals surface area contributed by atoms with Gasteiger partial charge in [0, 0.05) is 12.7 Å². The van der Waals surface area contributed by atoms with Crippen LogP contribution in [0.5, 0.6) is 0 Å². The minimum absolute atomic E-state index is 0.123. The number of rotatable bonds is 1. The van der Waals surface area contributed by atoms with Gasteiger partial charge >= 0.3 is 0 Å². The van der Waals surface area contributed by atoms with Crippen molar-refractivity contribution in [1.82, 2.24) is 9.88 Å². The molecule has 1 aromatic heterocycles. The molecule has 0 atom stereocenters. The smallest absolute Gasteiger partial charge is 0.278 e. The van der Waals surface area contributed by atoms with Gasteiger partial charge in [-0.3, -0.25) is 14.7 Å². The molecule has 16 heavy (non-hydrogen) atoms. The van der Waals surface area contributed by atoms with E-state index in [1.165, 1.54) is 18.0 Å². The summed E-state index contributed by atoms with van der Waals surface area (Å²) in [6.45, 7) is 1.29. The lowest BCUT2D eigenvalue weighted by Gasteiger charge is -2.15. The van der Waals surface area contributed by atoms with Crippen LogP contribution in [-0.4, -0.2) is 40.3 Å². The molecule has 0 spiro atoms. The Morgan fingerprint density at radius 1 is 1.56 bits per heavy atom. The number of aliphatic imine (C=N–C) groups is 1. The standard InChI is InChI=1S/C10H10ClN3OS/c1-16-10-12-4-5-14(10)9(15)8-3-2-7(11)6-13-8/h2-3,6H,4-5H2,1H3. The van der Waals surface area contributed by atoms with Crippen LogP contribution in [0.15, 0.2) is 23.3 Å².